The number of ether oxygens (including phenoxy) is 5. The van der Waals surface area contributed by atoms with Gasteiger partial charge in [0.2, 0.25) is 5.79 Å². The summed E-state index contributed by atoms with van der Waals surface area (Å²) in [6, 6.07) is -1.14. The number of piperidine rings is 1. The molecule has 0 radical (unpaired) electrons. The second kappa shape index (κ2) is 25.1. The van der Waals surface area contributed by atoms with Crippen LogP contribution in [0.2, 0.25) is 0 Å². The van der Waals surface area contributed by atoms with Gasteiger partial charge in [-0.1, -0.05) is 71.1 Å². The molecule has 366 valence electrons. The molecule has 0 spiro atoms. The number of cyclic esters (lactones) is 1. The molecule has 2 bridgehead atoms. The van der Waals surface area contributed by atoms with E-state index in [0.717, 1.165) is 12.0 Å². The monoisotopic (exact) mass is 914 g/mol. The van der Waals surface area contributed by atoms with Crippen LogP contribution in [0.15, 0.2) is 47.6 Å². The minimum atomic E-state index is -2.43. The number of methoxy groups -OCH3 is 3. The average molecular weight is 914 g/mol. The molecule has 3 aliphatic heterocycles. The number of carbonyl (C=O) groups is 5. The fraction of sp³-hybridized carbons (Fsp3) is 0.745. The van der Waals surface area contributed by atoms with E-state index >= 15 is 0 Å². The first-order valence-corrected chi connectivity index (χ1v) is 23.9. The molecule has 15 atom stereocenters. The van der Waals surface area contributed by atoms with E-state index in [2.05, 4.69) is 0 Å². The van der Waals surface area contributed by atoms with Gasteiger partial charge in [0, 0.05) is 58.5 Å². The van der Waals surface area contributed by atoms with Gasteiger partial charge in [-0.2, -0.15) is 0 Å². The molecular formula is C51H79NO13. The van der Waals surface area contributed by atoms with E-state index in [4.69, 9.17) is 23.7 Å². The van der Waals surface area contributed by atoms with Crippen molar-refractivity contribution in [2.45, 2.75) is 180 Å². The molecule has 14 heteroatoms. The van der Waals surface area contributed by atoms with Crippen LogP contribution in [-0.4, -0.2) is 132 Å². The highest BCUT2D eigenvalue weighted by atomic mass is 16.6. The summed E-state index contributed by atoms with van der Waals surface area (Å²) in [5, 5.41) is 33.8. The Hall–Kier alpha value is -3.37. The fourth-order valence-corrected chi connectivity index (χ4v) is 10.1. The largest absolute Gasteiger partial charge is 0.460 e. The van der Waals surface area contributed by atoms with Gasteiger partial charge in [-0.3, -0.25) is 19.2 Å². The number of hydrogen-bond donors (Lipinski definition) is 3. The predicted molar refractivity (Wildman–Crippen MR) is 245 cm³/mol. The summed E-state index contributed by atoms with van der Waals surface area (Å²) in [5.41, 5.74) is 1.27. The zero-order chi connectivity index (χ0) is 48.2. The number of fused-ring (bicyclic) bond motifs is 3. The van der Waals surface area contributed by atoms with Crippen LogP contribution in [0.5, 0.6) is 0 Å². The summed E-state index contributed by atoms with van der Waals surface area (Å²) >= 11 is 0. The van der Waals surface area contributed by atoms with Gasteiger partial charge in [-0.05, 0) is 107 Å². The summed E-state index contributed by atoms with van der Waals surface area (Å²) in [7, 11) is 4.52. The molecule has 0 aromatic heterocycles. The van der Waals surface area contributed by atoms with Crippen LogP contribution in [0, 0.1) is 35.5 Å². The normalized spacial score (nSPS) is 37.8. The summed E-state index contributed by atoms with van der Waals surface area (Å²) < 4.78 is 29.4. The number of aliphatic hydroxyl groups excluding tert-OH is 2. The molecule has 2 saturated heterocycles. The first-order valence-electron chi connectivity index (χ1n) is 23.9. The maximum Gasteiger partial charge on any atom is 0.329 e. The molecule has 65 heavy (non-hydrogen) atoms. The maximum atomic E-state index is 14.4. The van der Waals surface area contributed by atoms with Crippen molar-refractivity contribution in [3.8, 4) is 0 Å². The molecule has 3 N–H and O–H groups in total. The Morgan fingerprint density at radius 2 is 1.57 bits per heavy atom. The first kappa shape index (κ1) is 54.2. The predicted octanol–water partition coefficient (Wildman–Crippen LogP) is 6.18. The second-order valence-corrected chi connectivity index (χ2v) is 19.6. The number of Topliss-reactive ketones (excluding diaryl/α,β-unsaturated/α-hetero) is 3. The highest BCUT2D eigenvalue weighted by molar-refractivity contribution is 6.39. The molecule has 4 aliphatic rings. The Balaban J connectivity index is 1.70. The first-order chi connectivity index (χ1) is 30.7. The van der Waals surface area contributed by atoms with E-state index < -0.39 is 83.9 Å². The smallest absolute Gasteiger partial charge is 0.329 e. The Labute approximate surface area is 387 Å². The number of nitrogens with zero attached hydrogens (tertiary/aromatic N) is 1. The van der Waals surface area contributed by atoms with Crippen LogP contribution in [0.3, 0.4) is 0 Å². The number of rotatable bonds is 6. The van der Waals surface area contributed by atoms with Crippen LogP contribution in [0.1, 0.15) is 126 Å². The van der Waals surface area contributed by atoms with Crippen molar-refractivity contribution in [3.63, 3.8) is 0 Å². The van der Waals surface area contributed by atoms with Gasteiger partial charge in [0.25, 0.3) is 11.7 Å². The maximum absolute atomic E-state index is 14.4. The average Bonchev–Trinajstić information content (AvgIpc) is 3.28. The molecule has 0 aromatic carbocycles. The number of carbonyl (C=O) groups excluding carboxylic acids is 5. The van der Waals surface area contributed by atoms with E-state index in [0.29, 0.717) is 63.4 Å². The van der Waals surface area contributed by atoms with Gasteiger partial charge in [0.1, 0.15) is 30.1 Å². The van der Waals surface area contributed by atoms with Gasteiger partial charge in [0.15, 0.2) is 5.78 Å². The molecule has 3 fully saturated rings. The quantitative estimate of drug-likeness (QED) is 0.156. The summed E-state index contributed by atoms with van der Waals surface area (Å²) in [6.45, 7) is 12.7. The minimum absolute atomic E-state index is 0.0193. The fourth-order valence-electron chi connectivity index (χ4n) is 10.1. The van der Waals surface area contributed by atoms with E-state index in [1.807, 2.05) is 58.1 Å². The summed E-state index contributed by atoms with van der Waals surface area (Å²) in [5.74, 6) is -7.96. The third-order valence-electron chi connectivity index (χ3n) is 14.5. The lowest BCUT2D eigenvalue weighted by atomic mass is 9.78. The zero-order valence-corrected chi connectivity index (χ0v) is 40.6. The third-order valence-corrected chi connectivity index (χ3v) is 14.5. The number of ketones is 3. The molecular weight excluding hydrogens is 835 g/mol. The van der Waals surface area contributed by atoms with Crippen molar-refractivity contribution < 1.29 is 63.0 Å². The van der Waals surface area contributed by atoms with Crippen LogP contribution < -0.4 is 0 Å². The van der Waals surface area contributed by atoms with Crippen molar-refractivity contribution in [2.24, 2.45) is 35.5 Å². The van der Waals surface area contributed by atoms with Crippen molar-refractivity contribution in [3.05, 3.63) is 47.6 Å². The van der Waals surface area contributed by atoms with Gasteiger partial charge >= 0.3 is 5.97 Å². The molecule has 1 amide bonds. The van der Waals surface area contributed by atoms with Crippen LogP contribution in [-0.2, 0) is 47.7 Å². The number of esters is 1. The highest BCUT2D eigenvalue weighted by Crippen LogP contribution is 2.38. The van der Waals surface area contributed by atoms with Crippen LogP contribution in [0.4, 0.5) is 0 Å². The van der Waals surface area contributed by atoms with Gasteiger partial charge < -0.3 is 43.9 Å². The minimum Gasteiger partial charge on any atom is -0.460 e. The van der Waals surface area contributed by atoms with Gasteiger partial charge in [-0.25, -0.2) is 4.79 Å². The van der Waals surface area contributed by atoms with E-state index in [1.54, 1.807) is 41.1 Å². The number of allylic oxidation sites excluding steroid dienone is 6. The number of hydrogen-bond acceptors (Lipinski definition) is 13. The number of amides is 1. The van der Waals surface area contributed by atoms with Crippen molar-refractivity contribution in [1.29, 1.82) is 0 Å². The molecule has 1 saturated carbocycles. The van der Waals surface area contributed by atoms with Gasteiger partial charge in [0.05, 0.1) is 24.4 Å². The molecule has 0 aromatic rings. The number of aliphatic hydroxyl groups is 3. The molecule has 1 unspecified atom stereocenters. The lowest BCUT2D eigenvalue weighted by Crippen LogP contribution is -2.61. The Morgan fingerprint density at radius 1 is 0.846 bits per heavy atom. The molecule has 4 rings (SSSR count). The Bertz CT molecular complexity index is 1760. The Kier molecular flexibility index (Phi) is 21.0. The third kappa shape index (κ3) is 14.3. The van der Waals surface area contributed by atoms with E-state index in [9.17, 15) is 39.3 Å². The van der Waals surface area contributed by atoms with Gasteiger partial charge in [-0.15, -0.1) is 0 Å². The topological polar surface area (TPSA) is 195 Å². The summed E-state index contributed by atoms with van der Waals surface area (Å²) in [6.07, 6.45) is 11.2. The van der Waals surface area contributed by atoms with Crippen molar-refractivity contribution in [2.75, 3.05) is 27.9 Å². The van der Waals surface area contributed by atoms with Crippen LogP contribution >= 0.6 is 0 Å². The Morgan fingerprint density at radius 3 is 2.25 bits per heavy atom. The highest BCUT2D eigenvalue weighted by Gasteiger charge is 2.53. The second-order valence-electron chi connectivity index (χ2n) is 19.6. The van der Waals surface area contributed by atoms with E-state index in [1.165, 1.54) is 12.0 Å². The lowest BCUT2D eigenvalue weighted by molar-refractivity contribution is -0.265. The van der Waals surface area contributed by atoms with E-state index in [-0.39, 0.29) is 54.8 Å². The molecule has 1 aliphatic carbocycles. The molecule has 14 nitrogen and oxygen atoms in total. The lowest BCUT2D eigenvalue weighted by Gasteiger charge is -2.42. The van der Waals surface area contributed by atoms with Crippen molar-refractivity contribution >= 4 is 29.2 Å². The van der Waals surface area contributed by atoms with Crippen molar-refractivity contribution in [1.82, 2.24) is 4.90 Å². The molecule has 3 heterocycles. The zero-order valence-electron chi connectivity index (χ0n) is 40.6. The standard InChI is InChI=1S/C51H79NO13/c1-30-16-12-11-13-17-31(2)42(61-8)28-38-21-19-36(7)51(60,65-38)48(57)49(58)52-23-15-14-18-39(52)50(59)64-43(33(4)26-37-20-22-40(53)44(27-37)62-9)29-41(54)32(3)25-35(6)46(56)47(63-10)45(55)34(5)24-30/h11-13,16-17,25,30,32-34,36-40,42-44,46-47,53,56,60H,14-15,18-24,26-29H2,1-10H3/t30-,32-,33?,34-,36-,37-,38+,39+,40-,42+,43+,44-,46-,47+,51-/m1/s1. The van der Waals surface area contributed by atoms with Crippen LogP contribution in [0.25, 0.3) is 0 Å². The SMILES string of the molecule is CO[C@H]1C[C@@H]2CC[C@@H](C)[C@@](O)(O2)C(=O)C(=O)N2CCCC[C@H]2C(=O)O[C@H](C(C)C[C@H]2CC[C@@H](O)[C@H](OC)C2)CC(=O)[C@H](C)C=C(C)[C@@H](O)[C@@H](OC)C(=O)[C@H](C)C[C@H](C)C=CC=CC=C1C. The summed E-state index contributed by atoms with van der Waals surface area (Å²) in [4.78, 5) is 71.8.